The molecule has 3 N–H and O–H groups in total. The fraction of sp³-hybridized carbons (Fsp3) is 0.614. The molecule has 0 radical (unpaired) electrons. The molecule has 4 atom stereocenters. The Morgan fingerprint density at radius 3 is 1.39 bits per heavy atom. The lowest BCUT2D eigenvalue weighted by Crippen LogP contribution is -2.31. The van der Waals surface area contributed by atoms with Crippen molar-refractivity contribution in [1.82, 2.24) is 9.97 Å². The lowest BCUT2D eigenvalue weighted by molar-refractivity contribution is -0.147. The Labute approximate surface area is 399 Å². The number of carbonyl (C=O) groups excluding carboxylic acids is 3. The van der Waals surface area contributed by atoms with Crippen molar-refractivity contribution in [2.24, 2.45) is 46.3 Å². The highest BCUT2D eigenvalue weighted by Gasteiger charge is 2.33. The molecule has 67 heavy (non-hydrogen) atoms. The third-order valence-corrected chi connectivity index (χ3v) is 16.1. The lowest BCUT2D eigenvalue weighted by Gasteiger charge is -2.37. The summed E-state index contributed by atoms with van der Waals surface area (Å²) in [5.41, 5.74) is 2.21. The van der Waals surface area contributed by atoms with E-state index in [4.69, 9.17) is 4.74 Å². The SMILES string of the molecule is CC(C)(C)C1CCC(Nc2cc3cc(C(=O)CC4CCCC(C(=O)O)C4)ccc3cn2)CC1.COC(=O)C1CCCC(CC(=O)c2ccc3cnc(NC4CCC(C(C)(C)C)CC4)cc3c2)C1. The molecule has 0 spiro atoms. The van der Waals surface area contributed by atoms with Gasteiger partial charge in [0.2, 0.25) is 0 Å². The van der Waals surface area contributed by atoms with Gasteiger partial charge in [0.1, 0.15) is 11.6 Å². The summed E-state index contributed by atoms with van der Waals surface area (Å²) in [6.45, 7) is 14.1. The van der Waals surface area contributed by atoms with E-state index in [1.807, 2.05) is 48.8 Å². The van der Waals surface area contributed by atoms with Gasteiger partial charge in [-0.15, -0.1) is 0 Å². The van der Waals surface area contributed by atoms with Crippen LogP contribution in [-0.4, -0.2) is 57.8 Å². The average molecular weight is 915 g/mol. The number of hydrogen-bond donors (Lipinski definition) is 3. The van der Waals surface area contributed by atoms with Gasteiger partial charge in [0.15, 0.2) is 11.6 Å². The smallest absolute Gasteiger partial charge is 0.308 e. The molecule has 4 aliphatic carbocycles. The predicted octanol–water partition coefficient (Wildman–Crippen LogP) is 13.5. The predicted molar refractivity (Wildman–Crippen MR) is 270 cm³/mol. The van der Waals surface area contributed by atoms with Crippen LogP contribution in [0.2, 0.25) is 0 Å². The van der Waals surface area contributed by atoms with Crippen LogP contribution in [0.15, 0.2) is 60.9 Å². The number of ketones is 2. The minimum atomic E-state index is -0.725. The van der Waals surface area contributed by atoms with E-state index in [1.165, 1.54) is 58.5 Å². The minimum absolute atomic E-state index is 0.0636. The van der Waals surface area contributed by atoms with Crippen LogP contribution in [0.4, 0.5) is 11.6 Å². The van der Waals surface area contributed by atoms with E-state index < -0.39 is 5.97 Å². The Kier molecular flexibility index (Phi) is 16.5. The fourth-order valence-electron chi connectivity index (χ4n) is 11.7. The third-order valence-electron chi connectivity index (χ3n) is 16.1. The first-order valence-corrected chi connectivity index (χ1v) is 25.6. The lowest BCUT2D eigenvalue weighted by atomic mass is 9.71. The largest absolute Gasteiger partial charge is 0.481 e. The van der Waals surface area contributed by atoms with Crippen LogP contribution in [0, 0.1) is 46.3 Å². The van der Waals surface area contributed by atoms with Gasteiger partial charge in [-0.3, -0.25) is 19.2 Å². The van der Waals surface area contributed by atoms with E-state index in [-0.39, 0.29) is 41.2 Å². The van der Waals surface area contributed by atoms with E-state index in [1.54, 1.807) is 0 Å². The molecular formula is C57H78N4O6. The van der Waals surface area contributed by atoms with Crippen LogP contribution < -0.4 is 10.6 Å². The zero-order chi connectivity index (χ0) is 47.9. The summed E-state index contributed by atoms with van der Waals surface area (Å²) in [6, 6.07) is 16.8. The maximum Gasteiger partial charge on any atom is 0.308 e. The molecule has 0 amide bonds. The quantitative estimate of drug-likeness (QED) is 0.0926. The fourth-order valence-corrected chi connectivity index (χ4v) is 11.7. The number of pyridine rings is 2. The topological polar surface area (TPSA) is 148 Å². The molecule has 2 aromatic heterocycles. The molecule has 4 fully saturated rings. The summed E-state index contributed by atoms with van der Waals surface area (Å²) < 4.78 is 4.93. The van der Waals surface area contributed by atoms with E-state index in [0.29, 0.717) is 47.7 Å². The second-order valence-corrected chi connectivity index (χ2v) is 23.0. The number of carboxylic acid groups (broad SMARTS) is 1. The number of benzene rings is 2. The molecule has 4 aliphatic rings. The number of nitrogens with zero attached hydrogens (tertiary/aromatic N) is 2. The minimum Gasteiger partial charge on any atom is -0.481 e. The number of esters is 1. The van der Waals surface area contributed by atoms with Gasteiger partial charge in [0.25, 0.3) is 0 Å². The number of hydrogen-bond acceptors (Lipinski definition) is 9. The molecule has 0 aliphatic heterocycles. The number of aromatic nitrogens is 2. The highest BCUT2D eigenvalue weighted by atomic mass is 16.5. The van der Waals surface area contributed by atoms with Crippen molar-refractivity contribution >= 4 is 56.7 Å². The summed E-state index contributed by atoms with van der Waals surface area (Å²) in [5.74, 6) is 2.80. The van der Waals surface area contributed by atoms with Gasteiger partial charge in [-0.25, -0.2) is 9.97 Å². The molecule has 2 aromatic carbocycles. The monoisotopic (exact) mass is 915 g/mol. The first kappa shape index (κ1) is 50.0. The number of carbonyl (C=O) groups is 4. The van der Waals surface area contributed by atoms with Crippen molar-refractivity contribution in [3.8, 4) is 0 Å². The van der Waals surface area contributed by atoms with Crippen LogP contribution in [0.1, 0.15) is 178 Å². The van der Waals surface area contributed by atoms with Gasteiger partial charge in [0, 0.05) is 59.2 Å². The zero-order valence-corrected chi connectivity index (χ0v) is 41.5. The van der Waals surface area contributed by atoms with Crippen LogP contribution in [0.25, 0.3) is 21.5 Å². The number of Topliss-reactive ketones (excluding diaryl/α,β-unsaturated/α-hetero) is 2. The van der Waals surface area contributed by atoms with Gasteiger partial charge in [0.05, 0.1) is 18.9 Å². The summed E-state index contributed by atoms with van der Waals surface area (Å²) in [4.78, 5) is 58.5. The van der Waals surface area contributed by atoms with Crippen LogP contribution >= 0.6 is 0 Å². The molecule has 4 saturated carbocycles. The number of carboxylic acids is 1. The summed E-state index contributed by atoms with van der Waals surface area (Å²) in [7, 11) is 1.45. The number of aliphatic carboxylic acids is 1. The Morgan fingerprint density at radius 1 is 0.567 bits per heavy atom. The standard InChI is InChI=1S/C29H40N2O3.C28H38N2O3/c1-29(2,3)24-10-12-25(13-11-24)31-27-17-23-16-20(8-9-22(23)18-30-27)26(32)15-19-6-5-7-21(14-19)28(33)34-4;1-28(2,3)23-9-11-24(12-10-23)30-26-16-22-15-19(7-8-21(22)17-29-26)25(31)14-18-5-4-6-20(13-18)27(32)33/h8-9,16-19,21,24-25H,5-7,10-15H2,1-4H3,(H,30,31);7-8,15-18,20,23-24H,4-6,9-14H2,1-3H3,(H,29,30)(H,32,33). The van der Waals surface area contributed by atoms with Crippen molar-refractivity contribution in [1.29, 1.82) is 0 Å². The molecule has 0 saturated heterocycles. The van der Waals surface area contributed by atoms with E-state index in [0.717, 1.165) is 95.5 Å². The molecule has 0 bridgehead atoms. The number of fused-ring (bicyclic) bond motifs is 2. The summed E-state index contributed by atoms with van der Waals surface area (Å²) in [5, 5.41) is 20.7. The first-order valence-electron chi connectivity index (χ1n) is 25.6. The van der Waals surface area contributed by atoms with Gasteiger partial charge in [-0.05, 0) is 159 Å². The Hall–Kier alpha value is -4.86. The number of rotatable bonds is 12. The molecule has 2 heterocycles. The van der Waals surface area contributed by atoms with Crippen molar-refractivity contribution in [3.63, 3.8) is 0 Å². The maximum absolute atomic E-state index is 13.1. The first-order chi connectivity index (χ1) is 31.9. The molecular weight excluding hydrogens is 837 g/mol. The Bertz CT molecular complexity index is 2350. The highest BCUT2D eigenvalue weighted by Crippen LogP contribution is 2.40. The zero-order valence-electron chi connectivity index (χ0n) is 41.5. The van der Waals surface area contributed by atoms with E-state index in [9.17, 15) is 24.3 Å². The van der Waals surface area contributed by atoms with Crippen molar-refractivity contribution < 1.29 is 29.0 Å². The number of anilines is 2. The highest BCUT2D eigenvalue weighted by molar-refractivity contribution is 6.01. The van der Waals surface area contributed by atoms with Crippen molar-refractivity contribution in [3.05, 3.63) is 72.1 Å². The molecule has 4 aromatic rings. The van der Waals surface area contributed by atoms with Crippen LogP contribution in [0.3, 0.4) is 0 Å². The molecule has 8 rings (SSSR count). The number of ether oxygens (including phenoxy) is 1. The third kappa shape index (κ3) is 13.7. The molecule has 362 valence electrons. The molecule has 10 nitrogen and oxygen atoms in total. The number of methoxy groups -OCH3 is 1. The Balaban J connectivity index is 0.000000199. The van der Waals surface area contributed by atoms with Gasteiger partial charge in [-0.2, -0.15) is 0 Å². The van der Waals surface area contributed by atoms with Crippen molar-refractivity contribution in [2.45, 2.75) is 169 Å². The molecule has 4 unspecified atom stereocenters. The number of nitrogens with one attached hydrogen (secondary N) is 2. The summed E-state index contributed by atoms with van der Waals surface area (Å²) in [6.07, 6.45) is 21.2. The van der Waals surface area contributed by atoms with Crippen molar-refractivity contribution in [2.75, 3.05) is 17.7 Å². The van der Waals surface area contributed by atoms with Crippen LogP contribution in [-0.2, 0) is 14.3 Å². The van der Waals surface area contributed by atoms with E-state index >= 15 is 0 Å². The van der Waals surface area contributed by atoms with Gasteiger partial charge >= 0.3 is 11.9 Å². The second kappa shape index (κ2) is 22.1. The molecule has 10 heteroatoms. The maximum atomic E-state index is 13.1. The van der Waals surface area contributed by atoms with Gasteiger partial charge < -0.3 is 20.5 Å². The van der Waals surface area contributed by atoms with Gasteiger partial charge in [-0.1, -0.05) is 78.6 Å². The Morgan fingerprint density at radius 2 is 0.985 bits per heavy atom. The average Bonchev–Trinajstić information content (AvgIpc) is 3.31. The second-order valence-electron chi connectivity index (χ2n) is 23.0. The summed E-state index contributed by atoms with van der Waals surface area (Å²) >= 11 is 0. The normalized spacial score (nSPS) is 25.9. The van der Waals surface area contributed by atoms with E-state index in [2.05, 4.69) is 74.3 Å². The van der Waals surface area contributed by atoms with Crippen LogP contribution in [0.5, 0.6) is 0 Å².